The number of amides is 2. The molecule has 0 fully saturated rings. The van der Waals surface area contributed by atoms with Gasteiger partial charge in [-0.3, -0.25) is 33.9 Å². The third kappa shape index (κ3) is 38.0. The summed E-state index contributed by atoms with van der Waals surface area (Å²) in [6.45, 7) is 65.2. The van der Waals surface area contributed by atoms with Gasteiger partial charge in [-0.25, -0.2) is 26.1 Å². The molecule has 28 nitrogen and oxygen atoms in total. The number of methoxy groups -OCH3 is 1. The van der Waals surface area contributed by atoms with E-state index < -0.39 is 104 Å². The first-order valence-corrected chi connectivity index (χ1v) is 50.4. The van der Waals surface area contributed by atoms with Crippen LogP contribution in [-0.2, 0) is 63.1 Å². The van der Waals surface area contributed by atoms with E-state index in [9.17, 15) is 55.0 Å². The molecule has 6 heterocycles. The number of hydrogen-bond acceptors (Lipinski definition) is 23. The van der Waals surface area contributed by atoms with Gasteiger partial charge < -0.3 is 59.5 Å². The molecule has 0 aliphatic carbocycles. The van der Waals surface area contributed by atoms with E-state index in [2.05, 4.69) is 98.0 Å². The molecular formula is C95H152Cl2F2IN9O19S3. The molecule has 0 unspecified atom stereocenters. The Labute approximate surface area is 802 Å². The SMILES string of the molecule is CC(C)(C)[S@](N)=O.CCC(C)(C)C=N[S@](=O)C(C)(C)C.CCC(C)(C)C=O.CCC(C)(C)[C@@H](N)c1ccc(C)o1.CCC(C)(C)[C@@H](N[S@](=O)C(C)(C)C)c1ccc(C)o1.CCC(C)(C)[C@@H](Nc1c(Nc2c(F)ccc3c2C(=O)NC3)c(=O)c1=O)c1ccc(C)o1.COc1c(Nc2c(F)ccc3c2C(=O)NC3)c(=O)c1=O.Cc1ccco1.Cl.Cl.[3H]I(OCC)(OCC)(OCC)OCC. The first kappa shape index (κ1) is 122. The van der Waals surface area contributed by atoms with Crippen molar-refractivity contribution in [3.8, 4) is 5.75 Å². The van der Waals surface area contributed by atoms with E-state index in [0.29, 0.717) is 49.9 Å². The maximum atomic E-state index is 14.6. The van der Waals surface area contributed by atoms with E-state index in [-0.39, 0.29) is 130 Å². The van der Waals surface area contributed by atoms with Gasteiger partial charge in [0, 0.05) is 30.1 Å². The number of aldehydes is 1. The minimum absolute atomic E-state index is 0. The molecule has 10 N–H and O–H groups in total. The number of rotatable bonds is 31. The molecule has 0 saturated heterocycles. The number of aryl methyl sites for hydroxylation is 4. The van der Waals surface area contributed by atoms with Crippen LogP contribution in [0.3, 0.4) is 0 Å². The third-order valence-electron chi connectivity index (χ3n) is 21.1. The van der Waals surface area contributed by atoms with Crippen molar-refractivity contribution in [3.63, 3.8) is 0 Å². The molecule has 0 radical (unpaired) electrons. The first-order chi connectivity index (χ1) is 59.9. The van der Waals surface area contributed by atoms with Crippen LogP contribution in [0.1, 0.15) is 316 Å². The first-order valence-electron chi connectivity index (χ1n) is 43.8. The van der Waals surface area contributed by atoms with Gasteiger partial charge in [0.1, 0.15) is 86.3 Å². The predicted octanol–water partition coefficient (Wildman–Crippen LogP) is 21.4. The van der Waals surface area contributed by atoms with Crippen LogP contribution in [0.25, 0.3) is 0 Å². The predicted molar refractivity (Wildman–Crippen MR) is 543 cm³/mol. The second-order valence-corrected chi connectivity index (χ2v) is 47.3. The number of hydrogen-bond donors (Lipinski definition) is 8. The van der Waals surface area contributed by atoms with E-state index in [4.69, 9.17) is 46.1 Å². The van der Waals surface area contributed by atoms with Crippen molar-refractivity contribution >= 4 is 130 Å². The molecule has 0 saturated carbocycles. The Morgan fingerprint density at radius 2 is 0.885 bits per heavy atom. The van der Waals surface area contributed by atoms with Crippen molar-refractivity contribution in [1.82, 2.24) is 15.4 Å². The van der Waals surface area contributed by atoms with Crippen LogP contribution in [0.2, 0.25) is 0 Å². The van der Waals surface area contributed by atoms with Gasteiger partial charge in [-0.2, -0.15) is 4.40 Å². The molecule has 744 valence electrons. The average Bonchev–Trinajstić information content (AvgIpc) is 1.22. The Hall–Kier alpha value is -7.46. The Bertz CT molecular complexity index is 5170. The second-order valence-electron chi connectivity index (χ2n) is 36.9. The normalized spacial score (nSPS) is 14.4. The number of halogens is 5. The molecule has 0 bridgehead atoms. The quantitative estimate of drug-likeness (QED) is 0.00866. The zero-order chi connectivity index (χ0) is 100. The fourth-order valence-corrected chi connectivity index (χ4v) is 16.4. The number of benzene rings is 2. The van der Waals surface area contributed by atoms with Crippen molar-refractivity contribution in [2.45, 2.75) is 299 Å². The number of carbonyl (C=O) groups excluding carboxylic acids is 3. The number of nitrogens with one attached hydrogen (secondary N) is 6. The molecule has 10 rings (SSSR count). The zero-order valence-corrected chi connectivity index (χ0v) is 89.4. The van der Waals surface area contributed by atoms with Gasteiger partial charge in [0.15, 0.2) is 5.75 Å². The Kier molecular flexibility index (Phi) is 51.0. The number of furan rings is 4. The van der Waals surface area contributed by atoms with Gasteiger partial charge in [-0.15, -0.1) is 24.8 Å². The number of fused-ring (bicyclic) bond motifs is 2. The summed E-state index contributed by atoms with van der Waals surface area (Å²) in [7, 11) is -2.18. The van der Waals surface area contributed by atoms with Crippen LogP contribution in [0.15, 0.2) is 120 Å². The number of carbonyl (C=O) groups is 3. The fourth-order valence-electron chi connectivity index (χ4n) is 10.5. The molecule has 4 aromatic heterocycles. The summed E-state index contributed by atoms with van der Waals surface area (Å²) in [4.78, 5) is 81.4. The van der Waals surface area contributed by atoms with Gasteiger partial charge in [-0.05, 0) is 210 Å². The molecule has 131 heavy (non-hydrogen) atoms. The molecule has 2 amide bonds. The molecule has 4 aromatic carbocycles. The summed E-state index contributed by atoms with van der Waals surface area (Å²) in [5.41, 5.74) is 3.96. The zero-order valence-electron chi connectivity index (χ0n) is 84.2. The molecule has 2 aliphatic heterocycles. The molecule has 8 aromatic rings. The number of nitrogens with zero attached hydrogens (tertiary/aromatic N) is 1. The summed E-state index contributed by atoms with van der Waals surface area (Å²) in [6.07, 6.45) is 9.20. The summed E-state index contributed by atoms with van der Waals surface area (Å²) < 4.78 is 125. The van der Waals surface area contributed by atoms with Crippen LogP contribution in [0, 0.1) is 66.4 Å². The molecule has 36 heteroatoms. The number of nitrogens with two attached hydrogens (primary N) is 2. The van der Waals surface area contributed by atoms with Crippen molar-refractivity contribution in [1.29, 1.82) is 0.594 Å². The average molecular weight is 2060 g/mol. The Morgan fingerprint density at radius 3 is 1.20 bits per heavy atom. The number of anilines is 5. The number of ether oxygens (including phenoxy) is 1. The van der Waals surface area contributed by atoms with E-state index >= 15 is 0 Å². The van der Waals surface area contributed by atoms with E-state index in [1.54, 1.807) is 34.0 Å². The van der Waals surface area contributed by atoms with Gasteiger partial charge in [0.2, 0.25) is 0 Å². The summed E-state index contributed by atoms with van der Waals surface area (Å²) in [5, 5.41) is 18.6. The Balaban J connectivity index is 0.00000153. The van der Waals surface area contributed by atoms with Gasteiger partial charge in [-0.1, -0.05) is 116 Å². The van der Waals surface area contributed by atoms with Crippen molar-refractivity contribution in [2.24, 2.45) is 42.3 Å². The van der Waals surface area contributed by atoms with Crippen LogP contribution in [-0.4, -0.2) is 85.3 Å². The van der Waals surface area contributed by atoms with Crippen LogP contribution < -0.4 is 68.6 Å². The molecule has 0 spiro atoms. The topological polar surface area (TPSA) is 406 Å². The summed E-state index contributed by atoms with van der Waals surface area (Å²) >= 11 is -4.67. The molecule has 2 aliphatic rings. The Morgan fingerprint density at radius 1 is 0.504 bits per heavy atom. The standard InChI is InChI=1S/C23H24FN3O4.C15H27NO2S.C13H9FN2O4.C11H19NO.C10H21NOS.C8H21IO4.C6H12O.C5H6O.C4H11NOS.2ClH/c1-5-23(3,4)21(14-9-6-11(2)31-14)27-18-17(19(28)20(18)29)26-16-13(24)8-7-12-10-25-22(30)15(12)16;1-8-15(6,7)13(12-10-9-11(2)18-12)16-19(17)14(3,4)5;1-20-12-9(10(17)11(12)18)16-8-6(14)3-2-5-4-15-13(19)7(5)8;1-5-11(3,4)10(12)9-7-6-8(2)13-9;1-7-10(5,6)8-11-13(12)9(2,3)4;1-5-10-9(11-6-2,12-7-3)13-8-4;1-4-6(2,3)5-7;1-5-3-2-4-6-5;1-4(2,3)7(5)6;;/h6-9,21,26-27H,5,10H2,1-4H3,(H,25,30);9-10,13,16H,8H2,1-7H3;2-3,16H,4H2,1H3,(H,15,19);6-7,10H,5,12H2,1-4H3;8H,7H2,1-6H3;9H,5-8H2,1-4H3;5H,4H2,1-3H3;2-4H,1H3;5H2,1-3H3;2*1H/t21-;13-,19+;;10-;13-;;;;7-;;/m00.01...1../s1/i;;;;;9T;;;;;. The fraction of sp³-hybridized carbons (Fsp3) is 0.579. The monoisotopic (exact) mass is 2060 g/mol. The summed E-state index contributed by atoms with van der Waals surface area (Å²) in [5.74, 6) is 3.51. The summed E-state index contributed by atoms with van der Waals surface area (Å²) in [6, 6.07) is 20.3. The van der Waals surface area contributed by atoms with Crippen molar-refractivity contribution in [3.05, 3.63) is 194 Å². The van der Waals surface area contributed by atoms with Crippen LogP contribution >= 0.6 is 44.7 Å². The van der Waals surface area contributed by atoms with E-state index in [1.807, 2.05) is 186 Å². The maximum absolute atomic E-state index is 14.6. The van der Waals surface area contributed by atoms with Gasteiger partial charge in [0.05, 0.1) is 90.2 Å². The van der Waals surface area contributed by atoms with E-state index in [0.717, 1.165) is 73.0 Å². The van der Waals surface area contributed by atoms with Crippen LogP contribution in [0.4, 0.5) is 37.2 Å². The van der Waals surface area contributed by atoms with E-state index in [1.165, 1.54) is 31.4 Å². The van der Waals surface area contributed by atoms with Gasteiger partial charge >= 0.3 is 86.9 Å². The van der Waals surface area contributed by atoms with Crippen LogP contribution in [0.5, 0.6) is 5.75 Å². The minimum atomic E-state index is -4.67. The third-order valence-corrected chi connectivity index (χ3v) is 30.7. The van der Waals surface area contributed by atoms with Crippen molar-refractivity contribution < 1.29 is 70.5 Å². The van der Waals surface area contributed by atoms with Crippen molar-refractivity contribution in [2.75, 3.05) is 49.5 Å². The second kappa shape index (κ2) is 54.9. The molecular weight excluding hydrogens is 1900 g/mol. The van der Waals surface area contributed by atoms with Gasteiger partial charge in [0.25, 0.3) is 33.5 Å². The molecule has 6 atom stereocenters.